The van der Waals surface area contributed by atoms with E-state index >= 15 is 0 Å². The number of sulfonamides is 1. The molecule has 0 amide bonds. The Balaban J connectivity index is 1.91. The van der Waals surface area contributed by atoms with Crippen molar-refractivity contribution in [1.29, 1.82) is 0 Å². The van der Waals surface area contributed by atoms with Crippen LogP contribution in [0.25, 0.3) is 0 Å². The van der Waals surface area contributed by atoms with Crippen molar-refractivity contribution in [1.82, 2.24) is 4.73 Å². The molecule has 0 saturated carbocycles. The molecule has 8 heteroatoms. The molecule has 1 heterocycles. The molecule has 0 aliphatic rings. The number of rotatable bonds is 6. The number of para-hydroxylation sites is 1. The normalized spacial score (nSPS) is 11.1. The number of hydrogen-bond acceptors (Lipinski definition) is 5. The molecular weight excluding hydrogens is 368 g/mol. The molecule has 0 aliphatic carbocycles. The van der Waals surface area contributed by atoms with E-state index in [0.29, 0.717) is 16.2 Å². The molecule has 3 rings (SSSR count). The molecule has 0 fully saturated rings. The van der Waals surface area contributed by atoms with Crippen LogP contribution in [0.1, 0.15) is 6.92 Å². The minimum atomic E-state index is -3.98. The summed E-state index contributed by atoms with van der Waals surface area (Å²) < 4.78 is 32.9. The Hall–Kier alpha value is -3.26. The van der Waals surface area contributed by atoms with Crippen molar-refractivity contribution in [2.24, 2.45) is 0 Å². The number of anilines is 1. The Bertz CT molecular complexity index is 1080. The maximum absolute atomic E-state index is 13.0. The molecule has 27 heavy (non-hydrogen) atoms. The van der Waals surface area contributed by atoms with Gasteiger partial charge in [0.25, 0.3) is 10.0 Å². The zero-order chi connectivity index (χ0) is 19.4. The van der Waals surface area contributed by atoms with Gasteiger partial charge in [0.05, 0.1) is 4.90 Å². The van der Waals surface area contributed by atoms with Gasteiger partial charge in [0.15, 0.2) is 0 Å². The van der Waals surface area contributed by atoms with E-state index in [1.54, 1.807) is 31.2 Å². The zero-order valence-corrected chi connectivity index (χ0v) is 15.3. The van der Waals surface area contributed by atoms with E-state index in [2.05, 4.69) is 0 Å². The van der Waals surface area contributed by atoms with E-state index in [9.17, 15) is 18.4 Å². The summed E-state index contributed by atoms with van der Waals surface area (Å²) in [6.45, 7) is 1.64. The standard InChI is InChI=1S/C19H18N2O5S/c1-2-21(18-9-6-14-20(23)19(18)22)27(24,25)17-12-10-16(11-13-17)26-15-7-4-3-5-8-15/h3-14,23H,2H2,1H3. The topological polar surface area (TPSA) is 88.8 Å². The van der Waals surface area contributed by atoms with Crippen LogP contribution < -0.4 is 14.6 Å². The van der Waals surface area contributed by atoms with Crippen LogP contribution in [0.3, 0.4) is 0 Å². The third kappa shape index (κ3) is 3.80. The van der Waals surface area contributed by atoms with Gasteiger partial charge in [-0.25, -0.2) is 8.42 Å². The first-order chi connectivity index (χ1) is 12.9. The molecule has 3 aromatic rings. The monoisotopic (exact) mass is 386 g/mol. The molecule has 0 atom stereocenters. The van der Waals surface area contributed by atoms with Crippen LogP contribution in [0, 0.1) is 0 Å². The number of pyridine rings is 1. The first kappa shape index (κ1) is 18.5. The number of aromatic nitrogens is 1. The van der Waals surface area contributed by atoms with E-state index in [0.717, 1.165) is 10.5 Å². The lowest BCUT2D eigenvalue weighted by atomic mass is 10.3. The molecule has 0 aliphatic heterocycles. The van der Waals surface area contributed by atoms with Gasteiger partial charge in [-0.3, -0.25) is 9.10 Å². The second kappa shape index (κ2) is 7.55. The fourth-order valence-electron chi connectivity index (χ4n) is 2.56. The first-order valence-electron chi connectivity index (χ1n) is 8.20. The van der Waals surface area contributed by atoms with Crippen LogP contribution in [0.15, 0.2) is 82.6 Å². The maximum atomic E-state index is 13.0. The number of nitrogens with zero attached hydrogens (tertiary/aromatic N) is 2. The maximum Gasteiger partial charge on any atom is 0.307 e. The van der Waals surface area contributed by atoms with Crippen LogP contribution in [0.5, 0.6) is 11.5 Å². The molecule has 1 N–H and O–H groups in total. The largest absolute Gasteiger partial charge is 0.457 e. The lowest BCUT2D eigenvalue weighted by molar-refractivity contribution is 0.175. The highest BCUT2D eigenvalue weighted by Gasteiger charge is 2.26. The van der Waals surface area contributed by atoms with Crippen molar-refractivity contribution in [3.63, 3.8) is 0 Å². The Labute approximate surface area is 156 Å². The van der Waals surface area contributed by atoms with E-state index < -0.39 is 15.6 Å². The van der Waals surface area contributed by atoms with E-state index in [1.807, 2.05) is 18.2 Å². The highest BCUT2D eigenvalue weighted by molar-refractivity contribution is 7.92. The van der Waals surface area contributed by atoms with Gasteiger partial charge in [-0.1, -0.05) is 18.2 Å². The molecule has 0 radical (unpaired) electrons. The van der Waals surface area contributed by atoms with Crippen LogP contribution >= 0.6 is 0 Å². The van der Waals surface area contributed by atoms with E-state index in [4.69, 9.17) is 4.74 Å². The van der Waals surface area contributed by atoms with Gasteiger partial charge < -0.3 is 9.94 Å². The Morgan fingerprint density at radius 2 is 1.59 bits per heavy atom. The summed E-state index contributed by atoms with van der Waals surface area (Å²) in [7, 11) is -3.98. The van der Waals surface area contributed by atoms with Gasteiger partial charge in [0, 0.05) is 12.7 Å². The summed E-state index contributed by atoms with van der Waals surface area (Å²) in [5.41, 5.74) is -0.945. The van der Waals surface area contributed by atoms with Gasteiger partial charge >= 0.3 is 5.56 Å². The molecule has 2 aromatic carbocycles. The highest BCUT2D eigenvalue weighted by atomic mass is 32.2. The van der Waals surface area contributed by atoms with Crippen LogP contribution in [0.4, 0.5) is 5.69 Å². The Morgan fingerprint density at radius 3 is 2.22 bits per heavy atom. The van der Waals surface area contributed by atoms with Gasteiger partial charge in [-0.15, -0.1) is 0 Å². The minimum absolute atomic E-state index is 0.0116. The number of ether oxygens (including phenoxy) is 1. The molecule has 0 unspecified atom stereocenters. The van der Waals surface area contributed by atoms with Crippen LogP contribution in [-0.4, -0.2) is 24.9 Å². The zero-order valence-electron chi connectivity index (χ0n) is 14.5. The molecule has 1 aromatic heterocycles. The van der Waals surface area contributed by atoms with Gasteiger partial charge in [0.1, 0.15) is 17.2 Å². The molecule has 0 spiro atoms. The predicted molar refractivity (Wildman–Crippen MR) is 101 cm³/mol. The lowest BCUT2D eigenvalue weighted by Gasteiger charge is -2.22. The smallest absolute Gasteiger partial charge is 0.307 e. The van der Waals surface area contributed by atoms with Crippen molar-refractivity contribution >= 4 is 15.7 Å². The van der Waals surface area contributed by atoms with Gasteiger partial charge in [-0.2, -0.15) is 4.73 Å². The van der Waals surface area contributed by atoms with E-state index in [-0.39, 0.29) is 17.1 Å². The van der Waals surface area contributed by atoms with Crippen molar-refractivity contribution in [3.8, 4) is 11.5 Å². The Kier molecular flexibility index (Phi) is 5.18. The van der Waals surface area contributed by atoms with Crippen molar-refractivity contribution in [3.05, 3.63) is 83.3 Å². The van der Waals surface area contributed by atoms with Crippen molar-refractivity contribution in [2.45, 2.75) is 11.8 Å². The summed E-state index contributed by atoms with van der Waals surface area (Å²) in [6, 6.07) is 17.8. The predicted octanol–water partition coefficient (Wildman–Crippen LogP) is 3.09. The SMILES string of the molecule is CCN(c1cccn(O)c1=O)S(=O)(=O)c1ccc(Oc2ccccc2)cc1. The molecule has 0 saturated heterocycles. The van der Waals surface area contributed by atoms with Gasteiger partial charge in [0.2, 0.25) is 0 Å². The third-order valence-electron chi connectivity index (χ3n) is 3.86. The Morgan fingerprint density at radius 1 is 0.963 bits per heavy atom. The molecule has 7 nitrogen and oxygen atoms in total. The lowest BCUT2D eigenvalue weighted by Crippen LogP contribution is -2.36. The average Bonchev–Trinajstić information content (AvgIpc) is 2.67. The first-order valence-corrected chi connectivity index (χ1v) is 9.64. The summed E-state index contributed by atoms with van der Waals surface area (Å²) in [6.07, 6.45) is 1.14. The number of hydrogen-bond donors (Lipinski definition) is 1. The summed E-state index contributed by atoms with van der Waals surface area (Å²) >= 11 is 0. The second-order valence-electron chi connectivity index (χ2n) is 5.60. The van der Waals surface area contributed by atoms with Crippen LogP contribution in [0.2, 0.25) is 0 Å². The minimum Gasteiger partial charge on any atom is -0.457 e. The number of benzene rings is 2. The van der Waals surface area contributed by atoms with Crippen molar-refractivity contribution in [2.75, 3.05) is 10.8 Å². The summed E-state index contributed by atoms with van der Waals surface area (Å²) in [5, 5.41) is 9.52. The van der Waals surface area contributed by atoms with E-state index in [1.165, 1.54) is 24.3 Å². The summed E-state index contributed by atoms with van der Waals surface area (Å²) in [5.74, 6) is 1.12. The third-order valence-corrected chi connectivity index (χ3v) is 5.76. The highest BCUT2D eigenvalue weighted by Crippen LogP contribution is 2.25. The van der Waals surface area contributed by atoms with Crippen LogP contribution in [-0.2, 0) is 10.0 Å². The average molecular weight is 386 g/mol. The fraction of sp³-hybridized carbons (Fsp3) is 0.105. The van der Waals surface area contributed by atoms with Gasteiger partial charge in [-0.05, 0) is 55.5 Å². The molecule has 140 valence electrons. The molecule has 0 bridgehead atoms. The summed E-state index contributed by atoms with van der Waals surface area (Å²) in [4.78, 5) is 12.1. The van der Waals surface area contributed by atoms with Crippen molar-refractivity contribution < 1.29 is 18.4 Å². The quantitative estimate of drug-likeness (QED) is 0.658. The second-order valence-corrected chi connectivity index (χ2v) is 7.46. The fourth-order valence-corrected chi connectivity index (χ4v) is 4.04. The molecular formula is C19H18N2O5S.